The Balaban J connectivity index is 2.33. The van der Waals surface area contributed by atoms with Gasteiger partial charge in [-0.3, -0.25) is 9.59 Å². The zero-order valence-corrected chi connectivity index (χ0v) is 14.9. The van der Waals surface area contributed by atoms with Gasteiger partial charge in [-0.2, -0.15) is 0 Å². The van der Waals surface area contributed by atoms with Crippen LogP contribution in [0.5, 0.6) is 11.5 Å². The molecule has 1 amide bonds. The smallest absolute Gasteiger partial charge is 0.305 e. The second-order valence-corrected chi connectivity index (χ2v) is 5.95. The van der Waals surface area contributed by atoms with Crippen LogP contribution in [0.1, 0.15) is 36.4 Å². The molecule has 1 aromatic carbocycles. The van der Waals surface area contributed by atoms with Crippen LogP contribution in [0.25, 0.3) is 0 Å². The van der Waals surface area contributed by atoms with Crippen LogP contribution in [0, 0.1) is 0 Å². The third kappa shape index (κ3) is 4.42. The first-order valence-corrected chi connectivity index (χ1v) is 8.26. The monoisotopic (exact) mass is 351 g/mol. The van der Waals surface area contributed by atoms with Gasteiger partial charge in [0, 0.05) is 26.7 Å². The maximum atomic E-state index is 12.6. The van der Waals surface area contributed by atoms with Crippen molar-refractivity contribution in [3.8, 4) is 11.5 Å². The van der Waals surface area contributed by atoms with Crippen molar-refractivity contribution in [1.29, 1.82) is 0 Å². The van der Waals surface area contributed by atoms with Gasteiger partial charge in [0.15, 0.2) is 11.5 Å². The lowest BCUT2D eigenvalue weighted by Gasteiger charge is -2.37. The van der Waals surface area contributed by atoms with Gasteiger partial charge in [0.25, 0.3) is 0 Å². The molecule has 2 rings (SSSR count). The summed E-state index contributed by atoms with van der Waals surface area (Å²) in [6, 6.07) is 3.16. The number of carbonyl (C=O) groups is 2. The third-order valence-electron chi connectivity index (χ3n) is 4.43. The Hall–Kier alpha value is -2.28. The largest absolute Gasteiger partial charge is 0.493 e. The quantitative estimate of drug-likeness (QED) is 0.722. The summed E-state index contributed by atoms with van der Waals surface area (Å²) in [5.41, 5.74) is 1.80. The topological polar surface area (TPSA) is 85.3 Å². The molecule has 0 saturated heterocycles. The third-order valence-corrected chi connectivity index (χ3v) is 4.43. The maximum absolute atomic E-state index is 12.6. The molecule has 1 N–H and O–H groups in total. The molecule has 0 radical (unpaired) electrons. The number of amides is 1. The van der Waals surface area contributed by atoms with Gasteiger partial charge in [0.2, 0.25) is 5.91 Å². The van der Waals surface area contributed by atoms with Crippen molar-refractivity contribution in [3.05, 3.63) is 23.3 Å². The molecule has 25 heavy (non-hydrogen) atoms. The van der Waals surface area contributed by atoms with Crippen molar-refractivity contribution in [1.82, 2.24) is 4.90 Å². The Labute approximate surface area is 147 Å². The Morgan fingerprint density at radius 1 is 1.20 bits per heavy atom. The number of methoxy groups -OCH3 is 3. The van der Waals surface area contributed by atoms with Crippen molar-refractivity contribution >= 4 is 11.9 Å². The number of carbonyl (C=O) groups excluding carboxylic acids is 1. The highest BCUT2D eigenvalue weighted by atomic mass is 16.5. The number of hydrogen-bond acceptors (Lipinski definition) is 5. The molecule has 0 saturated carbocycles. The number of nitrogens with zero attached hydrogens (tertiary/aromatic N) is 1. The number of rotatable bonds is 8. The highest BCUT2D eigenvalue weighted by Crippen LogP contribution is 2.39. The lowest BCUT2D eigenvalue weighted by molar-refractivity contribution is -0.141. The summed E-state index contributed by atoms with van der Waals surface area (Å²) < 4.78 is 15.6. The Bertz CT molecular complexity index is 630. The van der Waals surface area contributed by atoms with E-state index in [0.29, 0.717) is 43.9 Å². The molecule has 1 atom stereocenters. The van der Waals surface area contributed by atoms with E-state index in [4.69, 9.17) is 14.2 Å². The van der Waals surface area contributed by atoms with E-state index >= 15 is 0 Å². The molecule has 0 spiro atoms. The molecule has 7 heteroatoms. The molecule has 1 unspecified atom stereocenters. The molecular weight excluding hydrogens is 326 g/mol. The number of hydrogen-bond donors (Lipinski definition) is 1. The summed E-state index contributed by atoms with van der Waals surface area (Å²) in [4.78, 5) is 25.6. The summed E-state index contributed by atoms with van der Waals surface area (Å²) in [6.07, 6.45) is 1.47. The fourth-order valence-electron chi connectivity index (χ4n) is 3.22. The molecule has 1 heterocycles. The van der Waals surface area contributed by atoms with Gasteiger partial charge in [-0.05, 0) is 36.1 Å². The Kier molecular flexibility index (Phi) is 6.64. The van der Waals surface area contributed by atoms with Crippen molar-refractivity contribution in [2.75, 3.05) is 34.5 Å². The molecule has 0 aliphatic carbocycles. The number of fused-ring (bicyclic) bond motifs is 1. The van der Waals surface area contributed by atoms with Gasteiger partial charge in [-0.25, -0.2) is 0 Å². The minimum Gasteiger partial charge on any atom is -0.493 e. The maximum Gasteiger partial charge on any atom is 0.305 e. The summed E-state index contributed by atoms with van der Waals surface area (Å²) in [6.45, 7) is 0.997. The van der Waals surface area contributed by atoms with Crippen LogP contribution in [-0.2, 0) is 20.7 Å². The highest BCUT2D eigenvalue weighted by molar-refractivity contribution is 5.78. The average molecular weight is 351 g/mol. The molecule has 7 nitrogen and oxygen atoms in total. The molecule has 1 aromatic rings. The molecule has 1 aliphatic rings. The molecule has 0 fully saturated rings. The predicted octanol–water partition coefficient (Wildman–Crippen LogP) is 2.03. The van der Waals surface area contributed by atoms with Gasteiger partial charge in [0.1, 0.15) is 0 Å². The highest BCUT2D eigenvalue weighted by Gasteiger charge is 2.33. The standard InChI is InChI=1S/C18H25NO6/c1-23-8-4-5-17(20)19-7-6-12-9-15(24-2)16(25-3)10-13(12)14(19)11-18(21)22/h9-10,14H,4-8,11H2,1-3H3,(H,21,22). The summed E-state index contributed by atoms with van der Waals surface area (Å²) in [5, 5.41) is 9.32. The van der Waals surface area contributed by atoms with Crippen LogP contribution in [0.2, 0.25) is 0 Å². The second kappa shape index (κ2) is 8.71. The SMILES string of the molecule is COCCCC(=O)N1CCc2cc(OC)c(OC)cc2C1CC(=O)O. The van der Waals surface area contributed by atoms with E-state index in [1.165, 1.54) is 7.11 Å². The van der Waals surface area contributed by atoms with Crippen LogP contribution in [-0.4, -0.2) is 56.4 Å². The van der Waals surface area contributed by atoms with E-state index in [2.05, 4.69) is 0 Å². The van der Waals surface area contributed by atoms with Gasteiger partial charge < -0.3 is 24.2 Å². The summed E-state index contributed by atoms with van der Waals surface area (Å²) in [7, 11) is 4.69. The molecular formula is C18H25NO6. The first-order valence-electron chi connectivity index (χ1n) is 8.26. The number of carboxylic acid groups (broad SMARTS) is 1. The minimum atomic E-state index is -0.942. The van der Waals surface area contributed by atoms with Crippen molar-refractivity contribution in [3.63, 3.8) is 0 Å². The normalized spacial score (nSPS) is 16.3. The lowest BCUT2D eigenvalue weighted by atomic mass is 9.89. The number of carboxylic acids is 1. The summed E-state index contributed by atoms with van der Waals surface area (Å²) in [5.74, 6) is 0.145. The van der Waals surface area contributed by atoms with Crippen LogP contribution >= 0.6 is 0 Å². The van der Waals surface area contributed by atoms with Crippen LogP contribution in [0.4, 0.5) is 0 Å². The molecule has 138 valence electrons. The first-order chi connectivity index (χ1) is 12.0. The van der Waals surface area contributed by atoms with Gasteiger partial charge in [-0.1, -0.05) is 0 Å². The van der Waals surface area contributed by atoms with E-state index < -0.39 is 12.0 Å². The van der Waals surface area contributed by atoms with Crippen molar-refractivity contribution in [2.45, 2.75) is 31.7 Å². The second-order valence-electron chi connectivity index (χ2n) is 5.95. The Morgan fingerprint density at radius 2 is 1.88 bits per heavy atom. The predicted molar refractivity (Wildman–Crippen MR) is 91.1 cm³/mol. The van der Waals surface area contributed by atoms with E-state index in [9.17, 15) is 14.7 Å². The van der Waals surface area contributed by atoms with Crippen molar-refractivity contribution in [2.24, 2.45) is 0 Å². The van der Waals surface area contributed by atoms with E-state index in [-0.39, 0.29) is 12.3 Å². The average Bonchev–Trinajstić information content (AvgIpc) is 2.60. The zero-order valence-electron chi connectivity index (χ0n) is 14.9. The van der Waals surface area contributed by atoms with E-state index in [1.807, 2.05) is 6.07 Å². The van der Waals surface area contributed by atoms with Crippen molar-refractivity contribution < 1.29 is 28.9 Å². The van der Waals surface area contributed by atoms with E-state index in [1.54, 1.807) is 25.2 Å². The van der Waals surface area contributed by atoms with Gasteiger partial charge in [0.05, 0.1) is 26.7 Å². The molecule has 0 aromatic heterocycles. The number of benzene rings is 1. The molecule has 0 bridgehead atoms. The van der Waals surface area contributed by atoms with Crippen LogP contribution in [0.3, 0.4) is 0 Å². The first kappa shape index (κ1) is 19.1. The van der Waals surface area contributed by atoms with Crippen LogP contribution < -0.4 is 9.47 Å². The summed E-state index contributed by atoms with van der Waals surface area (Å²) >= 11 is 0. The fourth-order valence-corrected chi connectivity index (χ4v) is 3.22. The zero-order chi connectivity index (χ0) is 18.4. The number of aliphatic carboxylic acids is 1. The fraction of sp³-hybridized carbons (Fsp3) is 0.556. The minimum absolute atomic E-state index is 0.0521. The van der Waals surface area contributed by atoms with Gasteiger partial charge >= 0.3 is 5.97 Å². The van der Waals surface area contributed by atoms with E-state index in [0.717, 1.165) is 11.1 Å². The number of ether oxygens (including phenoxy) is 3. The van der Waals surface area contributed by atoms with Gasteiger partial charge in [-0.15, -0.1) is 0 Å². The lowest BCUT2D eigenvalue weighted by Crippen LogP contribution is -2.41. The molecule has 1 aliphatic heterocycles. The van der Waals surface area contributed by atoms with Crippen LogP contribution in [0.15, 0.2) is 12.1 Å². The Morgan fingerprint density at radius 3 is 2.48 bits per heavy atom.